The van der Waals surface area contributed by atoms with Crippen LogP contribution in [0.5, 0.6) is 0 Å². The number of rotatable bonds is 4. The zero-order valence-electron chi connectivity index (χ0n) is 10.0. The Morgan fingerprint density at radius 2 is 2.12 bits per heavy atom. The van der Waals surface area contributed by atoms with Crippen LogP contribution in [0.25, 0.3) is 11.0 Å². The number of nitrogens with two attached hydrogens (primary N) is 1. The van der Waals surface area contributed by atoms with Crippen LogP contribution >= 0.6 is 0 Å². The quantitative estimate of drug-likeness (QED) is 0.633. The van der Waals surface area contributed by atoms with E-state index >= 15 is 0 Å². The Kier molecular flexibility index (Phi) is 3.45. The van der Waals surface area contributed by atoms with Gasteiger partial charge in [0.05, 0.1) is 6.04 Å². The molecule has 3 nitrogen and oxygen atoms in total. The highest BCUT2D eigenvalue weighted by Gasteiger charge is 2.16. The second-order valence-electron chi connectivity index (χ2n) is 4.68. The van der Waals surface area contributed by atoms with Crippen molar-refractivity contribution in [3.05, 3.63) is 35.8 Å². The average Bonchev–Trinajstić information content (AvgIpc) is 2.68. The van der Waals surface area contributed by atoms with Crippen molar-refractivity contribution in [2.45, 2.75) is 26.3 Å². The molecule has 4 heteroatoms. The standard InChI is InChI=1S/C13H17FN2O/c1-8(2)5-11(16-15)13-7-9-6-10(14)3-4-12(9)17-13/h3-4,6-8,11,16H,5,15H2,1-2H3. The first kappa shape index (κ1) is 12.1. The monoisotopic (exact) mass is 236 g/mol. The molecule has 0 saturated heterocycles. The fraction of sp³-hybridized carbons (Fsp3) is 0.385. The van der Waals surface area contributed by atoms with Crippen molar-refractivity contribution < 1.29 is 8.81 Å². The molecule has 0 aliphatic carbocycles. The summed E-state index contributed by atoms with van der Waals surface area (Å²) in [6.45, 7) is 4.24. The van der Waals surface area contributed by atoms with Gasteiger partial charge in [0.15, 0.2) is 0 Å². The van der Waals surface area contributed by atoms with E-state index in [-0.39, 0.29) is 11.9 Å². The van der Waals surface area contributed by atoms with Gasteiger partial charge in [0.25, 0.3) is 0 Å². The number of nitrogens with one attached hydrogen (secondary N) is 1. The number of fused-ring (bicyclic) bond motifs is 1. The molecule has 1 atom stereocenters. The largest absolute Gasteiger partial charge is 0.459 e. The van der Waals surface area contributed by atoms with Crippen LogP contribution in [0, 0.1) is 11.7 Å². The maximum absolute atomic E-state index is 13.1. The van der Waals surface area contributed by atoms with Crippen molar-refractivity contribution in [1.82, 2.24) is 5.43 Å². The van der Waals surface area contributed by atoms with E-state index in [1.54, 1.807) is 6.07 Å². The lowest BCUT2D eigenvalue weighted by Gasteiger charge is -2.15. The van der Waals surface area contributed by atoms with Crippen LogP contribution in [0.4, 0.5) is 4.39 Å². The summed E-state index contributed by atoms with van der Waals surface area (Å²) < 4.78 is 18.7. The van der Waals surface area contributed by atoms with E-state index in [9.17, 15) is 4.39 Å². The topological polar surface area (TPSA) is 51.2 Å². The summed E-state index contributed by atoms with van der Waals surface area (Å²) in [6, 6.07) is 6.29. The van der Waals surface area contributed by atoms with Gasteiger partial charge in [0.1, 0.15) is 17.2 Å². The Morgan fingerprint density at radius 3 is 2.76 bits per heavy atom. The van der Waals surface area contributed by atoms with Crippen molar-refractivity contribution >= 4 is 11.0 Å². The summed E-state index contributed by atoms with van der Waals surface area (Å²) in [4.78, 5) is 0. The Morgan fingerprint density at radius 1 is 1.35 bits per heavy atom. The van der Waals surface area contributed by atoms with E-state index in [0.29, 0.717) is 11.5 Å². The molecule has 0 radical (unpaired) electrons. The van der Waals surface area contributed by atoms with Gasteiger partial charge in [-0.2, -0.15) is 0 Å². The predicted molar refractivity (Wildman–Crippen MR) is 65.7 cm³/mol. The molecule has 0 saturated carbocycles. The van der Waals surface area contributed by atoms with E-state index in [1.807, 2.05) is 6.07 Å². The third-order valence-corrected chi connectivity index (χ3v) is 2.75. The predicted octanol–water partition coefficient (Wildman–Crippen LogP) is 3.12. The summed E-state index contributed by atoms with van der Waals surface area (Å²) in [5.74, 6) is 6.51. The smallest absolute Gasteiger partial charge is 0.134 e. The number of benzene rings is 1. The summed E-state index contributed by atoms with van der Waals surface area (Å²) in [5.41, 5.74) is 3.42. The van der Waals surface area contributed by atoms with E-state index < -0.39 is 0 Å². The van der Waals surface area contributed by atoms with Gasteiger partial charge in [-0.3, -0.25) is 5.84 Å². The molecule has 92 valence electrons. The molecule has 0 fully saturated rings. The molecular weight excluding hydrogens is 219 g/mol. The number of hydrogen-bond acceptors (Lipinski definition) is 3. The lowest BCUT2D eigenvalue weighted by molar-refractivity contribution is 0.376. The summed E-state index contributed by atoms with van der Waals surface area (Å²) in [7, 11) is 0. The maximum Gasteiger partial charge on any atom is 0.134 e. The molecule has 0 aliphatic heterocycles. The molecule has 0 spiro atoms. The number of halogens is 1. The SMILES string of the molecule is CC(C)CC(NN)c1cc2cc(F)ccc2o1. The minimum Gasteiger partial charge on any atom is -0.459 e. The van der Waals surface area contributed by atoms with Crippen LogP contribution in [0.3, 0.4) is 0 Å². The Labute approximate surface area is 99.8 Å². The lowest BCUT2D eigenvalue weighted by atomic mass is 10.0. The van der Waals surface area contributed by atoms with Gasteiger partial charge in [-0.25, -0.2) is 9.82 Å². The summed E-state index contributed by atoms with van der Waals surface area (Å²) in [6.07, 6.45) is 0.874. The van der Waals surface area contributed by atoms with E-state index in [2.05, 4.69) is 19.3 Å². The van der Waals surface area contributed by atoms with Crippen LogP contribution in [-0.4, -0.2) is 0 Å². The number of hydrazine groups is 1. The van der Waals surface area contributed by atoms with Crippen molar-refractivity contribution in [2.24, 2.45) is 11.8 Å². The van der Waals surface area contributed by atoms with Gasteiger partial charge >= 0.3 is 0 Å². The normalized spacial score (nSPS) is 13.5. The Bertz CT molecular complexity index is 507. The highest BCUT2D eigenvalue weighted by molar-refractivity contribution is 5.78. The maximum atomic E-state index is 13.1. The van der Waals surface area contributed by atoms with Crippen LogP contribution in [-0.2, 0) is 0 Å². The average molecular weight is 236 g/mol. The second kappa shape index (κ2) is 4.85. The van der Waals surface area contributed by atoms with Gasteiger partial charge in [0.2, 0.25) is 0 Å². The number of furan rings is 1. The van der Waals surface area contributed by atoms with Crippen molar-refractivity contribution in [1.29, 1.82) is 0 Å². The van der Waals surface area contributed by atoms with Gasteiger partial charge < -0.3 is 4.42 Å². The van der Waals surface area contributed by atoms with Gasteiger partial charge in [-0.1, -0.05) is 13.8 Å². The summed E-state index contributed by atoms with van der Waals surface area (Å²) >= 11 is 0. The molecule has 1 unspecified atom stereocenters. The molecule has 3 N–H and O–H groups in total. The lowest BCUT2D eigenvalue weighted by Crippen LogP contribution is -2.28. The first-order valence-corrected chi connectivity index (χ1v) is 5.75. The van der Waals surface area contributed by atoms with Crippen LogP contribution in [0.1, 0.15) is 32.1 Å². The van der Waals surface area contributed by atoms with Crippen LogP contribution in [0.2, 0.25) is 0 Å². The van der Waals surface area contributed by atoms with Gasteiger partial charge in [-0.05, 0) is 36.6 Å². The second-order valence-corrected chi connectivity index (χ2v) is 4.68. The third kappa shape index (κ3) is 2.65. The Balaban J connectivity index is 2.34. The molecule has 0 aliphatic rings. The molecule has 2 aromatic rings. The molecular formula is C13H17FN2O. The Hall–Kier alpha value is -1.39. The minimum atomic E-state index is -0.258. The molecule has 0 amide bonds. The highest BCUT2D eigenvalue weighted by Crippen LogP contribution is 2.27. The molecule has 2 rings (SSSR count). The molecule has 1 aromatic carbocycles. The van der Waals surface area contributed by atoms with Gasteiger partial charge in [0, 0.05) is 5.39 Å². The molecule has 17 heavy (non-hydrogen) atoms. The zero-order valence-corrected chi connectivity index (χ0v) is 10.0. The van der Waals surface area contributed by atoms with E-state index in [4.69, 9.17) is 10.3 Å². The highest BCUT2D eigenvalue weighted by atomic mass is 19.1. The van der Waals surface area contributed by atoms with E-state index in [1.165, 1.54) is 12.1 Å². The number of hydrogen-bond donors (Lipinski definition) is 2. The fourth-order valence-corrected chi connectivity index (χ4v) is 1.94. The fourth-order valence-electron chi connectivity index (χ4n) is 1.94. The first-order valence-electron chi connectivity index (χ1n) is 5.75. The molecule has 1 aromatic heterocycles. The summed E-state index contributed by atoms with van der Waals surface area (Å²) in [5, 5.41) is 0.768. The molecule has 1 heterocycles. The van der Waals surface area contributed by atoms with Crippen LogP contribution in [0.15, 0.2) is 28.7 Å². The van der Waals surface area contributed by atoms with Crippen molar-refractivity contribution in [2.75, 3.05) is 0 Å². The van der Waals surface area contributed by atoms with Crippen molar-refractivity contribution in [3.63, 3.8) is 0 Å². The zero-order chi connectivity index (χ0) is 12.4. The first-order chi connectivity index (χ1) is 8.10. The molecule has 0 bridgehead atoms. The van der Waals surface area contributed by atoms with Gasteiger partial charge in [-0.15, -0.1) is 0 Å². The van der Waals surface area contributed by atoms with Crippen molar-refractivity contribution in [3.8, 4) is 0 Å². The van der Waals surface area contributed by atoms with Crippen LogP contribution < -0.4 is 11.3 Å². The van der Waals surface area contributed by atoms with E-state index in [0.717, 1.165) is 17.6 Å². The third-order valence-electron chi connectivity index (χ3n) is 2.75. The minimum absolute atomic E-state index is 0.0366.